The number of aromatic nitrogens is 2. The van der Waals surface area contributed by atoms with Crippen LogP contribution < -0.4 is 5.32 Å². The number of nitrogens with zero attached hydrogens (tertiary/aromatic N) is 2. The number of pyridine rings is 1. The van der Waals surface area contributed by atoms with Crippen molar-refractivity contribution in [2.45, 2.75) is 13.5 Å². The van der Waals surface area contributed by atoms with E-state index in [0.29, 0.717) is 0 Å². The summed E-state index contributed by atoms with van der Waals surface area (Å²) < 4.78 is 2.98. The van der Waals surface area contributed by atoms with Crippen LogP contribution in [0.5, 0.6) is 0 Å². The Bertz CT molecular complexity index is 718. The average molecular weight is 316 g/mol. The molecule has 1 N–H and O–H groups in total. The number of rotatable bonds is 3. The molecular weight excluding hydrogens is 302 g/mol. The fourth-order valence-corrected chi connectivity index (χ4v) is 2.71. The van der Waals surface area contributed by atoms with Crippen LogP contribution in [0.3, 0.4) is 0 Å². The number of nitrogens with one attached hydrogen (secondary N) is 1. The molecule has 3 nitrogen and oxygen atoms in total. The van der Waals surface area contributed by atoms with Crippen molar-refractivity contribution in [1.82, 2.24) is 9.61 Å². The zero-order valence-corrected chi connectivity index (χ0v) is 12.2. The fraction of sp³-hybridized carbons (Fsp3) is 0.133. The predicted octanol–water partition coefficient (Wildman–Crippen LogP) is 4.02. The van der Waals surface area contributed by atoms with Crippen LogP contribution in [0.15, 0.2) is 53.3 Å². The molecule has 0 radical (unpaired) electrons. The molecule has 0 atom stereocenters. The fourth-order valence-electron chi connectivity index (χ4n) is 2.08. The van der Waals surface area contributed by atoms with E-state index >= 15 is 0 Å². The summed E-state index contributed by atoms with van der Waals surface area (Å²) in [5.74, 6) is 0. The third kappa shape index (κ3) is 2.49. The normalized spacial score (nSPS) is 10.8. The molecule has 0 saturated heterocycles. The quantitative estimate of drug-likeness (QED) is 0.791. The summed E-state index contributed by atoms with van der Waals surface area (Å²) in [6.07, 6.45) is 3.87. The zero-order valence-electron chi connectivity index (χ0n) is 10.6. The van der Waals surface area contributed by atoms with E-state index in [0.717, 1.165) is 22.2 Å². The third-order valence-corrected chi connectivity index (χ3v) is 3.76. The monoisotopic (exact) mass is 315 g/mol. The zero-order chi connectivity index (χ0) is 13.2. The molecule has 0 aliphatic rings. The molecule has 2 heterocycles. The number of benzene rings is 1. The van der Waals surface area contributed by atoms with Gasteiger partial charge in [-0.1, -0.05) is 12.1 Å². The van der Waals surface area contributed by atoms with Gasteiger partial charge in [0.2, 0.25) is 0 Å². The minimum atomic E-state index is 0.759. The first-order valence-corrected chi connectivity index (χ1v) is 6.94. The molecule has 4 heteroatoms. The molecular formula is C15H14BrN3. The number of hydrogen-bond donors (Lipinski definition) is 1. The lowest BCUT2D eigenvalue weighted by molar-refractivity contribution is 0.961. The van der Waals surface area contributed by atoms with E-state index in [1.165, 1.54) is 11.1 Å². The lowest BCUT2D eigenvalue weighted by Crippen LogP contribution is -1.99. The Labute approximate surface area is 120 Å². The first-order valence-electron chi connectivity index (χ1n) is 6.15. The Morgan fingerprint density at radius 1 is 1.26 bits per heavy atom. The molecule has 2 aromatic heterocycles. The van der Waals surface area contributed by atoms with Gasteiger partial charge in [0.15, 0.2) is 0 Å². The summed E-state index contributed by atoms with van der Waals surface area (Å²) >= 11 is 3.58. The SMILES string of the molecule is Cc1ccc(NCc2cnn3ccccc23)c(Br)c1. The van der Waals surface area contributed by atoms with E-state index in [2.05, 4.69) is 57.5 Å². The van der Waals surface area contributed by atoms with Crippen LogP contribution >= 0.6 is 15.9 Å². The van der Waals surface area contributed by atoms with E-state index in [4.69, 9.17) is 0 Å². The van der Waals surface area contributed by atoms with Gasteiger partial charge in [0.25, 0.3) is 0 Å². The minimum absolute atomic E-state index is 0.759. The summed E-state index contributed by atoms with van der Waals surface area (Å²) in [5, 5.41) is 7.77. The second-order valence-electron chi connectivity index (χ2n) is 4.54. The molecule has 19 heavy (non-hydrogen) atoms. The van der Waals surface area contributed by atoms with Gasteiger partial charge in [-0.15, -0.1) is 0 Å². The lowest BCUT2D eigenvalue weighted by Gasteiger charge is -2.08. The summed E-state index contributed by atoms with van der Waals surface area (Å²) in [6, 6.07) is 12.4. The van der Waals surface area contributed by atoms with Crippen LogP contribution in [0, 0.1) is 6.92 Å². The van der Waals surface area contributed by atoms with Crippen molar-refractivity contribution < 1.29 is 0 Å². The molecule has 3 aromatic rings. The molecule has 0 saturated carbocycles. The first-order chi connectivity index (χ1) is 9.24. The lowest BCUT2D eigenvalue weighted by atomic mass is 10.2. The standard InChI is InChI=1S/C15H14BrN3/c1-11-5-6-14(13(16)8-11)17-9-12-10-18-19-7-3-2-4-15(12)19/h2-8,10,17H,9H2,1H3. The minimum Gasteiger partial charge on any atom is -0.380 e. The highest BCUT2D eigenvalue weighted by molar-refractivity contribution is 9.10. The maximum atomic E-state index is 4.33. The van der Waals surface area contributed by atoms with Crippen LogP contribution in [0.25, 0.3) is 5.52 Å². The van der Waals surface area contributed by atoms with Gasteiger partial charge in [0.05, 0.1) is 11.7 Å². The molecule has 0 aliphatic heterocycles. The van der Waals surface area contributed by atoms with Crippen LogP contribution in [0.2, 0.25) is 0 Å². The van der Waals surface area contributed by atoms with Gasteiger partial charge in [-0.2, -0.15) is 5.10 Å². The van der Waals surface area contributed by atoms with Crippen molar-refractivity contribution in [3.05, 3.63) is 64.4 Å². The van der Waals surface area contributed by atoms with E-state index in [1.807, 2.05) is 29.0 Å². The van der Waals surface area contributed by atoms with Crippen LogP contribution in [-0.2, 0) is 6.54 Å². The first kappa shape index (κ1) is 12.2. The van der Waals surface area contributed by atoms with Crippen molar-refractivity contribution in [2.24, 2.45) is 0 Å². The third-order valence-electron chi connectivity index (χ3n) is 3.10. The van der Waals surface area contributed by atoms with Crippen molar-refractivity contribution in [3.8, 4) is 0 Å². The number of aryl methyl sites for hydroxylation is 1. The number of hydrogen-bond acceptors (Lipinski definition) is 2. The Morgan fingerprint density at radius 2 is 2.16 bits per heavy atom. The van der Waals surface area contributed by atoms with Gasteiger partial charge in [-0.3, -0.25) is 0 Å². The Hall–Kier alpha value is -1.81. The molecule has 0 aliphatic carbocycles. The largest absolute Gasteiger partial charge is 0.380 e. The number of anilines is 1. The molecule has 1 aromatic carbocycles. The van der Waals surface area contributed by atoms with Gasteiger partial charge in [0.1, 0.15) is 0 Å². The molecule has 3 rings (SSSR count). The highest BCUT2D eigenvalue weighted by Gasteiger charge is 2.04. The maximum absolute atomic E-state index is 4.33. The highest BCUT2D eigenvalue weighted by atomic mass is 79.9. The average Bonchev–Trinajstić information content (AvgIpc) is 2.81. The summed E-state index contributed by atoms with van der Waals surface area (Å²) in [5.41, 5.74) is 4.67. The molecule has 0 amide bonds. The molecule has 0 spiro atoms. The van der Waals surface area contributed by atoms with Gasteiger partial charge in [-0.25, -0.2) is 4.52 Å². The Morgan fingerprint density at radius 3 is 3.00 bits per heavy atom. The number of fused-ring (bicyclic) bond motifs is 1. The number of halogens is 1. The van der Waals surface area contributed by atoms with Gasteiger partial charge < -0.3 is 5.32 Å². The predicted molar refractivity (Wildman–Crippen MR) is 81.4 cm³/mol. The topological polar surface area (TPSA) is 29.3 Å². The van der Waals surface area contributed by atoms with Crippen molar-refractivity contribution in [1.29, 1.82) is 0 Å². The van der Waals surface area contributed by atoms with Crippen LogP contribution in [0.4, 0.5) is 5.69 Å². The smallest absolute Gasteiger partial charge is 0.0711 e. The summed E-state index contributed by atoms with van der Waals surface area (Å²) in [4.78, 5) is 0. The second kappa shape index (κ2) is 5.05. The van der Waals surface area contributed by atoms with Crippen LogP contribution in [0.1, 0.15) is 11.1 Å². The van der Waals surface area contributed by atoms with E-state index in [1.54, 1.807) is 0 Å². The maximum Gasteiger partial charge on any atom is 0.0711 e. The van der Waals surface area contributed by atoms with Crippen molar-refractivity contribution in [2.75, 3.05) is 5.32 Å². The summed E-state index contributed by atoms with van der Waals surface area (Å²) in [6.45, 7) is 2.84. The Balaban J connectivity index is 1.82. The second-order valence-corrected chi connectivity index (χ2v) is 5.39. The molecule has 0 unspecified atom stereocenters. The van der Waals surface area contributed by atoms with Crippen molar-refractivity contribution >= 4 is 27.1 Å². The van der Waals surface area contributed by atoms with E-state index in [-0.39, 0.29) is 0 Å². The van der Waals surface area contributed by atoms with Gasteiger partial charge >= 0.3 is 0 Å². The highest BCUT2D eigenvalue weighted by Crippen LogP contribution is 2.24. The Kier molecular flexibility index (Phi) is 3.25. The van der Waals surface area contributed by atoms with Crippen LogP contribution in [-0.4, -0.2) is 9.61 Å². The van der Waals surface area contributed by atoms with Gasteiger partial charge in [-0.05, 0) is 52.7 Å². The molecule has 0 bridgehead atoms. The van der Waals surface area contributed by atoms with E-state index in [9.17, 15) is 0 Å². The molecule has 0 fully saturated rings. The van der Waals surface area contributed by atoms with Gasteiger partial charge in [0, 0.05) is 28.5 Å². The van der Waals surface area contributed by atoms with E-state index < -0.39 is 0 Å². The molecule has 96 valence electrons. The summed E-state index contributed by atoms with van der Waals surface area (Å²) in [7, 11) is 0. The van der Waals surface area contributed by atoms with Crippen molar-refractivity contribution in [3.63, 3.8) is 0 Å².